The number of unbranched alkanes of at least 4 members (excludes halogenated alkanes) is 1. The van der Waals surface area contributed by atoms with Gasteiger partial charge < -0.3 is 53.8 Å². The van der Waals surface area contributed by atoms with Crippen molar-refractivity contribution in [2.75, 3.05) is 114 Å². The van der Waals surface area contributed by atoms with E-state index >= 15 is 0 Å². The number of hydrogen-bond donors (Lipinski definition) is 3. The zero-order valence-electron chi connectivity index (χ0n) is 31.2. The number of carbonyl (C=O) groups excluding carboxylic acids is 3. The quantitative estimate of drug-likeness (QED) is 0.0738. The molecule has 2 atom stereocenters. The minimum atomic E-state index is -4.22. The van der Waals surface area contributed by atoms with Crippen LogP contribution in [-0.2, 0) is 53.8 Å². The minimum absolute atomic E-state index is 0.112. The third-order valence-electron chi connectivity index (χ3n) is 7.28. The van der Waals surface area contributed by atoms with Crippen molar-refractivity contribution in [2.45, 2.75) is 51.2 Å². The fourth-order valence-electron chi connectivity index (χ4n) is 4.25. The number of benzene rings is 1. The van der Waals surface area contributed by atoms with Crippen LogP contribution < -0.4 is 25.4 Å². The fourth-order valence-corrected chi connectivity index (χ4v) is 4.92. The fraction of sp³-hybridized carbons (Fsp3) is 0.735. The van der Waals surface area contributed by atoms with Crippen molar-refractivity contribution in [3.05, 3.63) is 29.8 Å². The van der Waals surface area contributed by atoms with Gasteiger partial charge in [0.15, 0.2) is 7.60 Å². The van der Waals surface area contributed by atoms with Crippen LogP contribution in [-0.4, -0.2) is 147 Å². The largest absolute Gasteiger partial charge is 0.769 e. The Bertz CT molecular complexity index is 1120. The first-order valence-corrected chi connectivity index (χ1v) is 18.7. The Labute approximate surface area is 303 Å². The second kappa shape index (κ2) is 27.0. The lowest BCUT2D eigenvalue weighted by Crippen LogP contribution is -2.54. The van der Waals surface area contributed by atoms with Crippen LogP contribution in [0.3, 0.4) is 0 Å². The first kappa shape index (κ1) is 46.4. The lowest BCUT2D eigenvalue weighted by Gasteiger charge is -2.35. The van der Waals surface area contributed by atoms with E-state index in [1.165, 1.54) is 17.0 Å². The molecule has 51 heavy (non-hydrogen) atoms. The van der Waals surface area contributed by atoms with Gasteiger partial charge in [-0.3, -0.25) is 23.8 Å². The Morgan fingerprint density at radius 3 is 1.67 bits per heavy atom. The molecule has 0 aliphatic heterocycles. The summed E-state index contributed by atoms with van der Waals surface area (Å²) >= 11 is 0. The highest BCUT2D eigenvalue weighted by molar-refractivity contribution is 7.53. The van der Waals surface area contributed by atoms with Gasteiger partial charge >= 0.3 is 0 Å². The van der Waals surface area contributed by atoms with Gasteiger partial charge in [-0.2, -0.15) is 0 Å². The summed E-state index contributed by atoms with van der Waals surface area (Å²) in [6.07, 6.45) is 1.47. The Balaban J connectivity index is 3.16. The number of rotatable bonds is 30. The molecule has 2 unspecified atom stereocenters. The highest BCUT2D eigenvalue weighted by Crippen LogP contribution is 2.50. The molecule has 16 nitrogen and oxygen atoms in total. The van der Waals surface area contributed by atoms with E-state index in [0.29, 0.717) is 71.2 Å². The van der Waals surface area contributed by atoms with Crippen molar-refractivity contribution in [1.82, 2.24) is 20.9 Å². The molecule has 0 aromatic heterocycles. The van der Waals surface area contributed by atoms with E-state index in [-0.39, 0.29) is 57.5 Å². The van der Waals surface area contributed by atoms with Crippen LogP contribution in [0, 0.1) is 0 Å². The monoisotopic (exact) mass is 747 g/mol. The van der Waals surface area contributed by atoms with Crippen LogP contribution >= 0.6 is 7.60 Å². The average Bonchev–Trinajstić information content (AvgIpc) is 3.07. The van der Waals surface area contributed by atoms with E-state index in [1.807, 2.05) is 0 Å². The van der Waals surface area contributed by atoms with Gasteiger partial charge in [0.25, 0.3) is 0 Å². The lowest BCUT2D eigenvalue weighted by atomic mass is 10.0. The number of hydrogen-bond acceptors (Lipinski definition) is 13. The standard InChI is InChI=1S/C34H61N4O12P/c1-34(2,3)51(42,43)50-29-11-9-28(10-12-29)25-30(33(41)37-13-7-8-16-47-22-19-44-4)38(26-31(39)35-14-17-48-23-20-45-5)27-32(40)36-15-18-49-24-21-46-6/h9-12,30H,7-8,13-27H2,1-6H3,(H,35,39)(H,36,40)(H,37,41)(H,42,43)/p-1. The van der Waals surface area contributed by atoms with Gasteiger partial charge in [0.2, 0.25) is 17.7 Å². The SMILES string of the molecule is COCCOCCCCNC(=O)C(Cc1ccc(OP(=O)([O-])C(C)(C)C)cc1)N(CC(=O)NCCOCCOC)CC(=O)NCCOCCOC. The Hall–Kier alpha value is -2.66. The van der Waals surface area contributed by atoms with Gasteiger partial charge in [0.1, 0.15) is 5.75 Å². The van der Waals surface area contributed by atoms with Crippen LogP contribution in [0.15, 0.2) is 24.3 Å². The summed E-state index contributed by atoms with van der Waals surface area (Å²) in [6.45, 7) is 8.56. The van der Waals surface area contributed by atoms with E-state index in [9.17, 15) is 23.8 Å². The highest BCUT2D eigenvalue weighted by Gasteiger charge is 2.30. The summed E-state index contributed by atoms with van der Waals surface area (Å²) in [4.78, 5) is 54.1. The van der Waals surface area contributed by atoms with Gasteiger partial charge in [-0.1, -0.05) is 32.9 Å². The molecule has 1 aromatic rings. The molecule has 0 saturated heterocycles. The topological polar surface area (TPSA) is 195 Å². The average molecular weight is 748 g/mol. The zero-order chi connectivity index (χ0) is 38.0. The van der Waals surface area contributed by atoms with Crippen molar-refractivity contribution in [1.29, 1.82) is 0 Å². The maximum Gasteiger partial charge on any atom is 0.237 e. The molecule has 0 spiro atoms. The Kier molecular flexibility index (Phi) is 24.6. The van der Waals surface area contributed by atoms with Crippen LogP contribution in [0.2, 0.25) is 0 Å². The van der Waals surface area contributed by atoms with Gasteiger partial charge in [0, 0.05) is 52.7 Å². The molecule has 0 radical (unpaired) electrons. The molecular weight excluding hydrogens is 687 g/mol. The number of ether oxygens (including phenoxy) is 6. The van der Waals surface area contributed by atoms with Crippen LogP contribution in [0.25, 0.3) is 0 Å². The molecule has 0 fully saturated rings. The summed E-state index contributed by atoms with van der Waals surface area (Å²) in [6, 6.07) is 5.40. The van der Waals surface area contributed by atoms with Crippen molar-refractivity contribution in [2.24, 2.45) is 0 Å². The summed E-state index contributed by atoms with van der Waals surface area (Å²) in [5.41, 5.74) is 0.662. The van der Waals surface area contributed by atoms with Gasteiger partial charge in [0.05, 0.1) is 72.0 Å². The molecule has 1 rings (SSSR count). The zero-order valence-corrected chi connectivity index (χ0v) is 32.1. The molecule has 0 saturated carbocycles. The van der Waals surface area contributed by atoms with Crippen LogP contribution in [0.4, 0.5) is 0 Å². The first-order chi connectivity index (χ1) is 24.3. The van der Waals surface area contributed by atoms with Crippen molar-refractivity contribution in [3.8, 4) is 5.75 Å². The maximum absolute atomic E-state index is 13.8. The smallest absolute Gasteiger partial charge is 0.237 e. The highest BCUT2D eigenvalue weighted by atomic mass is 31.2. The van der Waals surface area contributed by atoms with E-state index in [0.717, 1.165) is 0 Å². The number of nitrogens with one attached hydrogen (secondary N) is 3. The molecule has 294 valence electrons. The molecule has 1 aromatic carbocycles. The van der Waals surface area contributed by atoms with E-state index in [4.69, 9.17) is 32.9 Å². The summed E-state index contributed by atoms with van der Waals surface area (Å²) in [5.74, 6) is -1.04. The summed E-state index contributed by atoms with van der Waals surface area (Å²) in [5, 5.41) is 7.40. The third kappa shape index (κ3) is 21.5. The van der Waals surface area contributed by atoms with E-state index in [1.54, 1.807) is 54.2 Å². The number of methoxy groups -OCH3 is 3. The Morgan fingerprint density at radius 2 is 1.20 bits per heavy atom. The lowest BCUT2D eigenvalue weighted by molar-refractivity contribution is -0.196. The normalized spacial score (nSPS) is 13.4. The van der Waals surface area contributed by atoms with Crippen molar-refractivity contribution in [3.63, 3.8) is 0 Å². The molecule has 0 aliphatic carbocycles. The van der Waals surface area contributed by atoms with E-state index in [2.05, 4.69) is 16.0 Å². The molecule has 0 bridgehead atoms. The van der Waals surface area contributed by atoms with Gasteiger partial charge in [-0.25, -0.2) is 0 Å². The minimum Gasteiger partial charge on any atom is -0.769 e. The Morgan fingerprint density at radius 1 is 0.706 bits per heavy atom. The van der Waals surface area contributed by atoms with Crippen molar-refractivity contribution >= 4 is 25.3 Å². The summed E-state index contributed by atoms with van der Waals surface area (Å²) < 4.78 is 49.2. The number of nitrogens with zero attached hydrogens (tertiary/aromatic N) is 1. The third-order valence-corrected chi connectivity index (χ3v) is 9.38. The molecule has 17 heteroatoms. The second-order valence-electron chi connectivity index (χ2n) is 12.5. The number of carbonyl (C=O) groups is 3. The first-order valence-electron chi connectivity index (χ1n) is 17.2. The molecule has 3 N–H and O–H groups in total. The van der Waals surface area contributed by atoms with Crippen LogP contribution in [0.1, 0.15) is 39.2 Å². The van der Waals surface area contributed by atoms with Crippen LogP contribution in [0.5, 0.6) is 5.75 Å². The molecule has 0 aliphatic rings. The predicted octanol–water partition coefficient (Wildman–Crippen LogP) is 0.748. The second-order valence-corrected chi connectivity index (χ2v) is 15.1. The summed E-state index contributed by atoms with van der Waals surface area (Å²) in [7, 11) is 0.508. The molecule has 0 heterocycles. The van der Waals surface area contributed by atoms with Crippen molar-refractivity contribution < 1.29 is 56.8 Å². The molecule has 3 amide bonds. The van der Waals surface area contributed by atoms with E-state index < -0.39 is 30.6 Å². The molecular formula is C34H60N4O12P-. The predicted molar refractivity (Wildman–Crippen MR) is 190 cm³/mol. The maximum atomic E-state index is 13.8. The van der Waals surface area contributed by atoms with Gasteiger partial charge in [-0.15, -0.1) is 0 Å². The number of amides is 3. The van der Waals surface area contributed by atoms with Gasteiger partial charge in [-0.05, 0) is 37.0 Å².